The SMILES string of the molecule is CCC(C)(C)NC(=O)Cn1c(C)cc(C)c(C(=O)O)c1=O. The molecular formula is C15H22N2O4. The summed E-state index contributed by atoms with van der Waals surface area (Å²) in [5.41, 5.74) is -0.343. The Morgan fingerprint density at radius 1 is 1.33 bits per heavy atom. The molecule has 6 heteroatoms. The lowest BCUT2D eigenvalue weighted by atomic mass is 10.0. The zero-order chi connectivity index (χ0) is 16.4. The number of carboxylic acids is 1. The van der Waals surface area contributed by atoms with Gasteiger partial charge in [0.15, 0.2) is 0 Å². The van der Waals surface area contributed by atoms with Crippen molar-refractivity contribution in [1.82, 2.24) is 9.88 Å². The van der Waals surface area contributed by atoms with Gasteiger partial charge < -0.3 is 15.0 Å². The van der Waals surface area contributed by atoms with E-state index in [4.69, 9.17) is 5.11 Å². The molecule has 0 aliphatic rings. The van der Waals surface area contributed by atoms with Crippen molar-refractivity contribution >= 4 is 11.9 Å². The summed E-state index contributed by atoms with van der Waals surface area (Å²) in [4.78, 5) is 35.4. The smallest absolute Gasteiger partial charge is 0.341 e. The zero-order valence-corrected chi connectivity index (χ0v) is 13.1. The highest BCUT2D eigenvalue weighted by atomic mass is 16.4. The molecule has 0 radical (unpaired) electrons. The van der Waals surface area contributed by atoms with Crippen molar-refractivity contribution in [1.29, 1.82) is 0 Å². The second-order valence-corrected chi connectivity index (χ2v) is 5.83. The number of carbonyl (C=O) groups is 2. The summed E-state index contributed by atoms with van der Waals surface area (Å²) >= 11 is 0. The van der Waals surface area contributed by atoms with Gasteiger partial charge in [0.05, 0.1) is 0 Å². The molecule has 6 nitrogen and oxygen atoms in total. The van der Waals surface area contributed by atoms with Crippen LogP contribution in [-0.2, 0) is 11.3 Å². The third kappa shape index (κ3) is 3.93. The number of aromatic carboxylic acids is 1. The lowest BCUT2D eigenvalue weighted by molar-refractivity contribution is -0.123. The minimum absolute atomic E-state index is 0.186. The third-order valence-electron chi connectivity index (χ3n) is 3.58. The lowest BCUT2D eigenvalue weighted by Crippen LogP contribution is -2.45. The van der Waals surface area contributed by atoms with E-state index in [1.807, 2.05) is 20.8 Å². The van der Waals surface area contributed by atoms with Crippen LogP contribution < -0.4 is 10.9 Å². The fourth-order valence-corrected chi connectivity index (χ4v) is 2.03. The van der Waals surface area contributed by atoms with E-state index in [2.05, 4.69) is 5.32 Å². The Morgan fingerprint density at radius 3 is 2.38 bits per heavy atom. The van der Waals surface area contributed by atoms with E-state index in [1.165, 1.54) is 4.57 Å². The van der Waals surface area contributed by atoms with Crippen molar-refractivity contribution in [3.05, 3.63) is 33.2 Å². The van der Waals surface area contributed by atoms with Crippen molar-refractivity contribution in [3.63, 3.8) is 0 Å². The van der Waals surface area contributed by atoms with Crippen molar-refractivity contribution in [3.8, 4) is 0 Å². The summed E-state index contributed by atoms with van der Waals surface area (Å²) in [6.45, 7) is 8.79. The Hall–Kier alpha value is -2.11. The monoisotopic (exact) mass is 294 g/mol. The number of carboxylic acid groups (broad SMARTS) is 1. The van der Waals surface area contributed by atoms with Crippen LogP contribution in [0.3, 0.4) is 0 Å². The van der Waals surface area contributed by atoms with Crippen molar-refractivity contribution < 1.29 is 14.7 Å². The third-order valence-corrected chi connectivity index (χ3v) is 3.58. The highest BCUT2D eigenvalue weighted by molar-refractivity contribution is 5.89. The molecule has 1 heterocycles. The van der Waals surface area contributed by atoms with Crippen LogP contribution in [0.4, 0.5) is 0 Å². The van der Waals surface area contributed by atoms with Gasteiger partial charge in [-0.25, -0.2) is 4.79 Å². The number of nitrogens with zero attached hydrogens (tertiary/aromatic N) is 1. The molecule has 116 valence electrons. The first-order chi connectivity index (χ1) is 9.59. The Morgan fingerprint density at radius 2 is 1.90 bits per heavy atom. The van der Waals surface area contributed by atoms with E-state index in [0.29, 0.717) is 11.3 Å². The van der Waals surface area contributed by atoms with Gasteiger partial charge in [0.25, 0.3) is 5.56 Å². The van der Waals surface area contributed by atoms with Gasteiger partial charge in [-0.3, -0.25) is 9.59 Å². The minimum Gasteiger partial charge on any atom is -0.477 e. The van der Waals surface area contributed by atoms with E-state index in [9.17, 15) is 14.4 Å². The number of nitrogens with one attached hydrogen (secondary N) is 1. The van der Waals surface area contributed by atoms with Crippen LogP contribution >= 0.6 is 0 Å². The second-order valence-electron chi connectivity index (χ2n) is 5.83. The van der Waals surface area contributed by atoms with Crippen LogP contribution in [0.15, 0.2) is 10.9 Å². The number of amides is 1. The van der Waals surface area contributed by atoms with Crippen molar-refractivity contribution in [2.45, 2.75) is 53.1 Å². The maximum atomic E-state index is 12.2. The summed E-state index contributed by atoms with van der Waals surface area (Å²) in [6, 6.07) is 1.60. The lowest BCUT2D eigenvalue weighted by Gasteiger charge is -2.25. The van der Waals surface area contributed by atoms with Crippen LogP contribution in [0, 0.1) is 13.8 Å². The van der Waals surface area contributed by atoms with E-state index < -0.39 is 11.5 Å². The Labute approximate surface area is 123 Å². The van der Waals surface area contributed by atoms with Crippen LogP contribution in [0.2, 0.25) is 0 Å². The van der Waals surface area contributed by atoms with Gasteiger partial charge in [-0.1, -0.05) is 6.92 Å². The van der Waals surface area contributed by atoms with Crippen LogP contribution in [0.1, 0.15) is 48.8 Å². The molecule has 1 amide bonds. The van der Waals surface area contributed by atoms with Gasteiger partial charge in [-0.05, 0) is 45.7 Å². The summed E-state index contributed by atoms with van der Waals surface area (Å²) < 4.78 is 1.19. The van der Waals surface area contributed by atoms with E-state index >= 15 is 0 Å². The molecule has 0 aliphatic carbocycles. The van der Waals surface area contributed by atoms with Gasteiger partial charge in [0.1, 0.15) is 12.1 Å². The summed E-state index contributed by atoms with van der Waals surface area (Å²) in [5.74, 6) is -1.59. The van der Waals surface area contributed by atoms with Gasteiger partial charge in [-0.15, -0.1) is 0 Å². The molecule has 21 heavy (non-hydrogen) atoms. The molecule has 0 aliphatic heterocycles. The van der Waals surface area contributed by atoms with Gasteiger partial charge >= 0.3 is 5.97 Å². The largest absolute Gasteiger partial charge is 0.477 e. The molecule has 0 saturated heterocycles. The van der Waals surface area contributed by atoms with Gasteiger partial charge in [0, 0.05) is 11.2 Å². The topological polar surface area (TPSA) is 88.4 Å². The Kier molecular flexibility index (Phi) is 4.93. The number of aryl methyl sites for hydroxylation is 2. The Bertz CT molecular complexity index is 629. The molecule has 0 atom stereocenters. The standard InChI is InChI=1S/C15H22N2O4/c1-6-15(4,5)16-11(18)8-17-10(3)7-9(2)12(13(17)19)14(20)21/h7H,6,8H2,1-5H3,(H,16,18)(H,20,21). The zero-order valence-electron chi connectivity index (χ0n) is 13.1. The van der Waals surface area contributed by atoms with Gasteiger partial charge in [-0.2, -0.15) is 0 Å². The number of hydrogen-bond donors (Lipinski definition) is 2. The summed E-state index contributed by atoms with van der Waals surface area (Å²) in [6.07, 6.45) is 0.751. The molecule has 0 saturated carbocycles. The van der Waals surface area contributed by atoms with E-state index in [0.717, 1.165) is 6.42 Å². The van der Waals surface area contributed by atoms with Crippen molar-refractivity contribution in [2.75, 3.05) is 0 Å². The van der Waals surface area contributed by atoms with Crippen molar-refractivity contribution in [2.24, 2.45) is 0 Å². The normalized spacial score (nSPS) is 11.3. The molecule has 1 rings (SSSR count). The number of hydrogen-bond acceptors (Lipinski definition) is 3. The number of carbonyl (C=O) groups excluding carboxylic acids is 1. The number of rotatable bonds is 5. The fraction of sp³-hybridized carbons (Fsp3) is 0.533. The molecule has 0 aromatic carbocycles. The molecule has 1 aromatic heterocycles. The van der Waals surface area contributed by atoms with E-state index in [1.54, 1.807) is 19.9 Å². The molecule has 0 bridgehead atoms. The molecule has 0 unspecified atom stereocenters. The first-order valence-corrected chi connectivity index (χ1v) is 6.84. The average molecular weight is 294 g/mol. The van der Waals surface area contributed by atoms with Crippen LogP contribution in [0.25, 0.3) is 0 Å². The fourth-order valence-electron chi connectivity index (χ4n) is 2.03. The molecule has 0 spiro atoms. The van der Waals surface area contributed by atoms with E-state index in [-0.39, 0.29) is 23.6 Å². The first-order valence-electron chi connectivity index (χ1n) is 6.84. The van der Waals surface area contributed by atoms with Crippen LogP contribution in [-0.4, -0.2) is 27.1 Å². The summed E-state index contributed by atoms with van der Waals surface area (Å²) in [5, 5.41) is 11.9. The molecular weight excluding hydrogens is 272 g/mol. The average Bonchev–Trinajstić information content (AvgIpc) is 2.33. The predicted molar refractivity (Wildman–Crippen MR) is 79.6 cm³/mol. The molecule has 2 N–H and O–H groups in total. The summed E-state index contributed by atoms with van der Waals surface area (Å²) in [7, 11) is 0. The highest BCUT2D eigenvalue weighted by Crippen LogP contribution is 2.09. The molecule has 0 fully saturated rings. The van der Waals surface area contributed by atoms with Crippen LogP contribution in [0.5, 0.6) is 0 Å². The Balaban J connectivity index is 3.16. The molecule has 1 aromatic rings. The maximum Gasteiger partial charge on any atom is 0.341 e. The second kappa shape index (κ2) is 6.11. The maximum absolute atomic E-state index is 12.2. The highest BCUT2D eigenvalue weighted by Gasteiger charge is 2.21. The van der Waals surface area contributed by atoms with Gasteiger partial charge in [0.2, 0.25) is 5.91 Å². The predicted octanol–water partition coefficient (Wildman–Crippen LogP) is 1.47. The minimum atomic E-state index is -1.28. The number of aromatic nitrogens is 1. The number of pyridine rings is 1. The first kappa shape index (κ1) is 16.9. The quantitative estimate of drug-likeness (QED) is 0.860.